The molecular formula is C34H50N4O5. The third-order valence-electron chi connectivity index (χ3n) is 7.94. The standard InChI is InChI=1S/C34H50N4O5/c1-13-22(3)29(35(7)8)17-26-25(14-2)32(39)36(9)20-27(26)23-15-30(41-11)28(31(16-23)42-12)21-38-18-24(19-38)37(10)33(40)43-34(4,5)6/h14-17,20,24H,13,18-19,21H2,1-12H3/b25-14+,26-17+,29-22-. The number of likely N-dealkylation sites (N-methyl/N-ethyl adjacent to an activating group) is 1. The first-order valence-corrected chi connectivity index (χ1v) is 14.8. The molecule has 0 bridgehead atoms. The number of rotatable bonds is 9. The van der Waals surface area contributed by atoms with Crippen LogP contribution in [0.15, 0.2) is 34.4 Å². The van der Waals surface area contributed by atoms with Crippen LogP contribution in [0.4, 0.5) is 4.79 Å². The van der Waals surface area contributed by atoms with Gasteiger partial charge in [-0.3, -0.25) is 9.69 Å². The van der Waals surface area contributed by atoms with Gasteiger partial charge in [0.1, 0.15) is 17.1 Å². The molecule has 0 unspecified atom stereocenters. The minimum absolute atomic E-state index is 0.0519. The van der Waals surface area contributed by atoms with Crippen molar-refractivity contribution in [3.8, 4) is 22.6 Å². The summed E-state index contributed by atoms with van der Waals surface area (Å²) in [5.41, 5.74) is 4.44. The average Bonchev–Trinajstić information content (AvgIpc) is 2.92. The van der Waals surface area contributed by atoms with Gasteiger partial charge in [0.25, 0.3) is 5.56 Å². The second kappa shape index (κ2) is 13.7. The van der Waals surface area contributed by atoms with Gasteiger partial charge in [-0.25, -0.2) is 4.79 Å². The van der Waals surface area contributed by atoms with Crippen LogP contribution in [0.5, 0.6) is 11.5 Å². The SMILES string of the molecule is C/C=c1/c(=O)n(C)cc(-c2cc(OC)c(CN3CC(N(C)C(=O)OC(C)(C)C)C3)c(OC)c2)/c1=C/C(=C(\C)CC)N(C)C. The number of hydrogen-bond acceptors (Lipinski definition) is 7. The van der Waals surface area contributed by atoms with Gasteiger partial charge in [0.05, 0.1) is 25.8 Å². The van der Waals surface area contributed by atoms with Gasteiger partial charge in [0.2, 0.25) is 0 Å². The summed E-state index contributed by atoms with van der Waals surface area (Å²) in [6.07, 6.45) is 6.46. The van der Waals surface area contributed by atoms with Gasteiger partial charge >= 0.3 is 6.09 Å². The van der Waals surface area contributed by atoms with Gasteiger partial charge in [-0.05, 0) is 70.0 Å². The van der Waals surface area contributed by atoms with E-state index in [0.29, 0.717) is 23.3 Å². The number of ether oxygens (including phenoxy) is 3. The van der Waals surface area contributed by atoms with E-state index in [2.05, 4.69) is 29.7 Å². The van der Waals surface area contributed by atoms with Crippen molar-refractivity contribution < 1.29 is 19.0 Å². The molecular weight excluding hydrogens is 544 g/mol. The van der Waals surface area contributed by atoms with E-state index in [4.69, 9.17) is 14.2 Å². The smallest absolute Gasteiger partial charge is 0.410 e. The second-order valence-electron chi connectivity index (χ2n) is 12.4. The van der Waals surface area contributed by atoms with Gasteiger partial charge < -0.3 is 28.6 Å². The Morgan fingerprint density at radius 1 is 1.07 bits per heavy atom. The molecule has 0 saturated carbocycles. The Bertz CT molecular complexity index is 1520. The number of carbonyl (C=O) groups excluding carboxylic acids is 1. The van der Waals surface area contributed by atoms with Crippen LogP contribution in [0.25, 0.3) is 23.3 Å². The number of likely N-dealkylation sites (tertiary alicyclic amines) is 1. The van der Waals surface area contributed by atoms with E-state index in [1.807, 2.05) is 66.2 Å². The predicted molar refractivity (Wildman–Crippen MR) is 174 cm³/mol. The highest BCUT2D eigenvalue weighted by atomic mass is 16.6. The third-order valence-corrected chi connectivity index (χ3v) is 7.94. The monoisotopic (exact) mass is 594 g/mol. The third kappa shape index (κ3) is 7.63. The lowest BCUT2D eigenvalue weighted by atomic mass is 9.98. The molecule has 1 saturated heterocycles. The molecule has 0 aliphatic carbocycles. The summed E-state index contributed by atoms with van der Waals surface area (Å²) >= 11 is 0. The maximum atomic E-state index is 13.2. The highest BCUT2D eigenvalue weighted by molar-refractivity contribution is 5.72. The van der Waals surface area contributed by atoms with Gasteiger partial charge in [0.15, 0.2) is 0 Å². The fourth-order valence-corrected chi connectivity index (χ4v) is 5.31. The number of pyridine rings is 1. The Hall–Kier alpha value is -3.72. The molecule has 3 rings (SSSR count). The Labute approximate surface area is 256 Å². The molecule has 1 amide bonds. The van der Waals surface area contributed by atoms with Crippen LogP contribution in [0.2, 0.25) is 0 Å². The average molecular weight is 595 g/mol. The van der Waals surface area contributed by atoms with Crippen LogP contribution >= 0.6 is 0 Å². The van der Waals surface area contributed by atoms with E-state index in [-0.39, 0.29) is 17.7 Å². The quantitative estimate of drug-likeness (QED) is 0.435. The van der Waals surface area contributed by atoms with Crippen molar-refractivity contribution in [1.29, 1.82) is 0 Å². The van der Waals surface area contributed by atoms with Crippen molar-refractivity contribution in [2.45, 2.75) is 66.2 Å². The van der Waals surface area contributed by atoms with Crippen LogP contribution in [-0.4, -0.2) is 85.5 Å². The molecule has 9 nitrogen and oxygen atoms in total. The molecule has 2 heterocycles. The summed E-state index contributed by atoms with van der Waals surface area (Å²) in [6.45, 7) is 13.8. The number of amides is 1. The summed E-state index contributed by atoms with van der Waals surface area (Å²) in [5, 5.41) is 1.50. The van der Waals surface area contributed by atoms with E-state index in [0.717, 1.165) is 47.1 Å². The van der Waals surface area contributed by atoms with Crippen LogP contribution in [0.1, 0.15) is 53.5 Å². The van der Waals surface area contributed by atoms with Crippen molar-refractivity contribution >= 4 is 18.2 Å². The summed E-state index contributed by atoms with van der Waals surface area (Å²) < 4.78 is 19.0. The number of allylic oxidation sites excluding steroid dienone is 2. The maximum absolute atomic E-state index is 13.2. The predicted octanol–water partition coefficient (Wildman–Crippen LogP) is 3.95. The van der Waals surface area contributed by atoms with Crippen molar-refractivity contribution in [2.75, 3.05) is 48.5 Å². The molecule has 43 heavy (non-hydrogen) atoms. The van der Waals surface area contributed by atoms with E-state index >= 15 is 0 Å². The van der Waals surface area contributed by atoms with Gasteiger partial charge in [-0.2, -0.15) is 0 Å². The Kier molecular flexibility index (Phi) is 10.8. The lowest BCUT2D eigenvalue weighted by molar-refractivity contribution is -0.00602. The van der Waals surface area contributed by atoms with Crippen molar-refractivity contribution in [3.63, 3.8) is 0 Å². The molecule has 2 aromatic rings. The normalized spacial score (nSPS) is 15.6. The topological polar surface area (TPSA) is 76.5 Å². The van der Waals surface area contributed by atoms with E-state index in [1.54, 1.807) is 37.8 Å². The lowest BCUT2D eigenvalue weighted by Crippen LogP contribution is -2.59. The number of aromatic nitrogens is 1. The molecule has 1 aromatic carbocycles. The Morgan fingerprint density at radius 3 is 2.12 bits per heavy atom. The highest BCUT2D eigenvalue weighted by Crippen LogP contribution is 2.36. The van der Waals surface area contributed by atoms with Crippen LogP contribution in [0, 0.1) is 0 Å². The first-order chi connectivity index (χ1) is 20.1. The summed E-state index contributed by atoms with van der Waals surface area (Å²) in [7, 11) is 10.9. The fraction of sp³-hybridized carbons (Fsp3) is 0.529. The number of methoxy groups -OCH3 is 2. The highest BCUT2D eigenvalue weighted by Gasteiger charge is 2.35. The molecule has 1 fully saturated rings. The van der Waals surface area contributed by atoms with Gasteiger partial charge in [-0.1, -0.05) is 18.6 Å². The zero-order valence-electron chi connectivity index (χ0n) is 28.1. The molecule has 0 atom stereocenters. The van der Waals surface area contributed by atoms with Crippen LogP contribution in [-0.2, 0) is 18.3 Å². The number of nitrogens with zero attached hydrogens (tertiary/aromatic N) is 4. The van der Waals surface area contributed by atoms with Crippen molar-refractivity contribution in [1.82, 2.24) is 19.3 Å². The minimum Gasteiger partial charge on any atom is -0.496 e. The molecule has 1 aliphatic heterocycles. The number of benzene rings is 1. The molecule has 1 aliphatic rings. The lowest BCUT2D eigenvalue weighted by Gasteiger charge is -2.44. The Balaban J connectivity index is 2.07. The minimum atomic E-state index is -0.533. The first-order valence-electron chi connectivity index (χ1n) is 14.8. The van der Waals surface area contributed by atoms with E-state index in [1.165, 1.54) is 5.57 Å². The summed E-state index contributed by atoms with van der Waals surface area (Å²) in [4.78, 5) is 31.8. The zero-order valence-corrected chi connectivity index (χ0v) is 28.1. The zero-order chi connectivity index (χ0) is 32.2. The van der Waals surface area contributed by atoms with Crippen LogP contribution in [0.3, 0.4) is 0 Å². The Morgan fingerprint density at radius 2 is 1.65 bits per heavy atom. The van der Waals surface area contributed by atoms with Crippen LogP contribution < -0.4 is 25.5 Å². The van der Waals surface area contributed by atoms with Gasteiger partial charge in [-0.15, -0.1) is 0 Å². The second-order valence-corrected chi connectivity index (χ2v) is 12.4. The van der Waals surface area contributed by atoms with Crippen molar-refractivity contribution in [2.24, 2.45) is 7.05 Å². The largest absolute Gasteiger partial charge is 0.496 e. The molecule has 1 aromatic heterocycles. The summed E-state index contributed by atoms with van der Waals surface area (Å²) in [6, 6.07) is 4.11. The van der Waals surface area contributed by atoms with E-state index < -0.39 is 5.60 Å². The maximum Gasteiger partial charge on any atom is 0.410 e. The molecule has 9 heteroatoms. The van der Waals surface area contributed by atoms with Gasteiger partial charge in [0, 0.05) is 70.5 Å². The molecule has 0 spiro atoms. The summed E-state index contributed by atoms with van der Waals surface area (Å²) in [5.74, 6) is 1.40. The molecule has 0 N–H and O–H groups in total. The molecule has 0 radical (unpaired) electrons. The first kappa shape index (κ1) is 33.8. The number of carbonyl (C=O) groups is 1. The van der Waals surface area contributed by atoms with Crippen molar-refractivity contribution in [3.05, 3.63) is 56.0 Å². The molecule has 236 valence electrons. The number of hydrogen-bond donors (Lipinski definition) is 0. The number of aryl methyl sites for hydroxylation is 1. The fourth-order valence-electron chi connectivity index (χ4n) is 5.31. The van der Waals surface area contributed by atoms with E-state index in [9.17, 15) is 9.59 Å².